The van der Waals surface area contributed by atoms with Crippen molar-refractivity contribution in [1.82, 2.24) is 20.2 Å². The number of hydrogen-bond donors (Lipinski definition) is 1. The Bertz CT molecular complexity index is 453. The molecular weight excluding hydrogens is 214 g/mol. The van der Waals surface area contributed by atoms with Crippen molar-refractivity contribution in [3.8, 4) is 0 Å². The van der Waals surface area contributed by atoms with Crippen molar-refractivity contribution in [1.29, 1.82) is 0 Å². The maximum Gasteiger partial charge on any atom is 0.242 e. The highest BCUT2D eigenvalue weighted by Gasteiger charge is 2.00. The monoisotopic (exact) mass is 223 g/mol. The lowest BCUT2D eigenvalue weighted by Gasteiger charge is -2.04. The van der Waals surface area contributed by atoms with Gasteiger partial charge in [-0.1, -0.05) is 28.8 Å². The minimum absolute atomic E-state index is 0.634. The summed E-state index contributed by atoms with van der Waals surface area (Å²) in [5.74, 6) is 0.634. The Hall–Kier alpha value is -1.62. The Morgan fingerprint density at radius 1 is 1.47 bits per heavy atom. The average Bonchev–Trinajstić information content (AvgIpc) is 2.61. The summed E-state index contributed by atoms with van der Waals surface area (Å²) in [5, 5.41) is 14.9. The molecule has 0 saturated heterocycles. The molecule has 0 spiro atoms. The molecule has 1 aromatic carbocycles. The van der Waals surface area contributed by atoms with Gasteiger partial charge < -0.3 is 5.32 Å². The first kappa shape index (κ1) is 9.92. The number of tetrazole rings is 1. The van der Waals surface area contributed by atoms with Crippen LogP contribution in [0.4, 0.5) is 5.95 Å². The number of halogens is 1. The molecule has 0 amide bonds. The third-order valence-corrected chi connectivity index (χ3v) is 2.19. The van der Waals surface area contributed by atoms with Crippen LogP contribution < -0.4 is 5.32 Å². The van der Waals surface area contributed by atoms with Crippen LogP contribution in [0.2, 0.25) is 5.02 Å². The molecule has 0 aliphatic rings. The first-order valence-electron chi connectivity index (χ1n) is 4.46. The Balaban J connectivity index is 2.02. The molecule has 78 valence electrons. The molecule has 1 aromatic heterocycles. The number of hydrogen-bond acceptors (Lipinski definition) is 4. The summed E-state index contributed by atoms with van der Waals surface area (Å²) in [4.78, 5) is 0. The van der Waals surface area contributed by atoms with E-state index in [4.69, 9.17) is 11.6 Å². The quantitative estimate of drug-likeness (QED) is 0.856. The molecule has 0 aliphatic heterocycles. The van der Waals surface area contributed by atoms with Crippen LogP contribution in [0.1, 0.15) is 5.56 Å². The zero-order valence-electron chi connectivity index (χ0n) is 8.18. The minimum Gasteiger partial charge on any atom is -0.349 e. The third kappa shape index (κ3) is 2.44. The highest BCUT2D eigenvalue weighted by molar-refractivity contribution is 6.30. The summed E-state index contributed by atoms with van der Waals surface area (Å²) < 4.78 is 1.57. The van der Waals surface area contributed by atoms with Crippen LogP contribution in [0.15, 0.2) is 24.3 Å². The van der Waals surface area contributed by atoms with Crippen LogP contribution in [0, 0.1) is 0 Å². The smallest absolute Gasteiger partial charge is 0.242 e. The number of aromatic nitrogens is 4. The van der Waals surface area contributed by atoms with Gasteiger partial charge in [0.15, 0.2) is 0 Å². The molecule has 1 heterocycles. The molecule has 0 fully saturated rings. The number of benzene rings is 1. The van der Waals surface area contributed by atoms with Gasteiger partial charge in [0.05, 0.1) is 0 Å². The lowest BCUT2D eigenvalue weighted by atomic mass is 10.2. The van der Waals surface area contributed by atoms with Gasteiger partial charge in [-0.15, -0.1) is 0 Å². The van der Waals surface area contributed by atoms with Gasteiger partial charge in [0.2, 0.25) is 5.95 Å². The molecule has 0 atom stereocenters. The van der Waals surface area contributed by atoms with Crippen molar-refractivity contribution >= 4 is 17.5 Å². The number of anilines is 1. The third-order valence-electron chi connectivity index (χ3n) is 1.96. The van der Waals surface area contributed by atoms with Crippen molar-refractivity contribution in [2.24, 2.45) is 7.05 Å². The number of nitrogens with one attached hydrogen (secondary N) is 1. The van der Waals surface area contributed by atoms with Gasteiger partial charge in [0.1, 0.15) is 0 Å². The SMILES string of the molecule is Cn1nnnc1NCc1cccc(Cl)c1. The van der Waals surface area contributed by atoms with Crippen LogP contribution in [-0.4, -0.2) is 20.2 Å². The summed E-state index contributed by atoms with van der Waals surface area (Å²) in [6, 6.07) is 7.64. The maximum absolute atomic E-state index is 5.86. The van der Waals surface area contributed by atoms with E-state index >= 15 is 0 Å². The molecule has 0 bridgehead atoms. The fraction of sp³-hybridized carbons (Fsp3) is 0.222. The largest absolute Gasteiger partial charge is 0.349 e. The summed E-state index contributed by atoms with van der Waals surface area (Å²) in [6.45, 7) is 0.648. The minimum atomic E-state index is 0.634. The second-order valence-corrected chi connectivity index (χ2v) is 3.55. The number of aryl methyl sites for hydroxylation is 1. The lowest BCUT2D eigenvalue weighted by Crippen LogP contribution is -2.05. The van der Waals surface area contributed by atoms with Gasteiger partial charge in [-0.2, -0.15) is 0 Å². The predicted octanol–water partition coefficient (Wildman–Crippen LogP) is 1.48. The van der Waals surface area contributed by atoms with Gasteiger partial charge in [-0.05, 0) is 28.1 Å². The Morgan fingerprint density at radius 3 is 3.00 bits per heavy atom. The highest BCUT2D eigenvalue weighted by atomic mass is 35.5. The molecular formula is C9H10ClN5. The number of rotatable bonds is 3. The molecule has 15 heavy (non-hydrogen) atoms. The Kier molecular flexibility index (Phi) is 2.82. The van der Waals surface area contributed by atoms with E-state index in [0.29, 0.717) is 12.5 Å². The second-order valence-electron chi connectivity index (χ2n) is 3.11. The van der Waals surface area contributed by atoms with E-state index in [2.05, 4.69) is 20.8 Å². The van der Waals surface area contributed by atoms with E-state index in [0.717, 1.165) is 10.6 Å². The van der Waals surface area contributed by atoms with Gasteiger partial charge in [0, 0.05) is 18.6 Å². The molecule has 5 nitrogen and oxygen atoms in total. The van der Waals surface area contributed by atoms with E-state index in [1.165, 1.54) is 0 Å². The highest BCUT2D eigenvalue weighted by Crippen LogP contribution is 2.11. The first-order chi connectivity index (χ1) is 7.25. The van der Waals surface area contributed by atoms with Gasteiger partial charge in [0.25, 0.3) is 0 Å². The average molecular weight is 224 g/mol. The molecule has 6 heteroatoms. The molecule has 0 aliphatic carbocycles. The van der Waals surface area contributed by atoms with Gasteiger partial charge in [-0.3, -0.25) is 0 Å². The molecule has 2 rings (SSSR count). The normalized spacial score (nSPS) is 10.3. The Labute approximate surface area is 92.1 Å². The van der Waals surface area contributed by atoms with Crippen molar-refractivity contribution < 1.29 is 0 Å². The Morgan fingerprint density at radius 2 is 2.33 bits per heavy atom. The van der Waals surface area contributed by atoms with E-state index in [1.54, 1.807) is 11.7 Å². The standard InChI is InChI=1S/C9H10ClN5/c1-15-9(12-13-14-15)11-6-7-3-2-4-8(10)5-7/h2-5H,6H2,1H3,(H,11,12,14). The van der Waals surface area contributed by atoms with Crippen molar-refractivity contribution in [2.45, 2.75) is 6.54 Å². The van der Waals surface area contributed by atoms with Gasteiger partial charge in [-0.25, -0.2) is 4.68 Å². The lowest BCUT2D eigenvalue weighted by molar-refractivity contribution is 0.712. The topological polar surface area (TPSA) is 55.6 Å². The maximum atomic E-state index is 5.86. The first-order valence-corrected chi connectivity index (χ1v) is 4.84. The van der Waals surface area contributed by atoms with Crippen LogP contribution in [0.25, 0.3) is 0 Å². The van der Waals surface area contributed by atoms with E-state index in [-0.39, 0.29) is 0 Å². The predicted molar refractivity (Wildman–Crippen MR) is 57.6 cm³/mol. The number of nitrogens with zero attached hydrogens (tertiary/aromatic N) is 4. The van der Waals surface area contributed by atoms with Crippen molar-refractivity contribution in [3.05, 3.63) is 34.9 Å². The fourth-order valence-electron chi connectivity index (χ4n) is 1.21. The van der Waals surface area contributed by atoms with Gasteiger partial charge >= 0.3 is 0 Å². The van der Waals surface area contributed by atoms with Crippen LogP contribution in [-0.2, 0) is 13.6 Å². The van der Waals surface area contributed by atoms with Crippen molar-refractivity contribution in [3.63, 3.8) is 0 Å². The zero-order valence-corrected chi connectivity index (χ0v) is 8.94. The van der Waals surface area contributed by atoms with Crippen LogP contribution >= 0.6 is 11.6 Å². The fourth-order valence-corrected chi connectivity index (χ4v) is 1.42. The van der Waals surface area contributed by atoms with Crippen molar-refractivity contribution in [2.75, 3.05) is 5.32 Å². The van der Waals surface area contributed by atoms with Crippen LogP contribution in [0.5, 0.6) is 0 Å². The van der Waals surface area contributed by atoms with E-state index in [9.17, 15) is 0 Å². The molecule has 2 aromatic rings. The summed E-state index contributed by atoms with van der Waals surface area (Å²) in [5.41, 5.74) is 1.09. The molecule has 0 radical (unpaired) electrons. The van der Waals surface area contributed by atoms with E-state index in [1.807, 2.05) is 24.3 Å². The van der Waals surface area contributed by atoms with E-state index < -0.39 is 0 Å². The summed E-state index contributed by atoms with van der Waals surface area (Å²) >= 11 is 5.86. The molecule has 0 unspecified atom stereocenters. The molecule has 1 N–H and O–H groups in total. The summed E-state index contributed by atoms with van der Waals surface area (Å²) in [6.07, 6.45) is 0. The summed E-state index contributed by atoms with van der Waals surface area (Å²) in [7, 11) is 1.78. The second kappa shape index (κ2) is 4.27. The van der Waals surface area contributed by atoms with Crippen LogP contribution in [0.3, 0.4) is 0 Å². The zero-order chi connectivity index (χ0) is 10.7. The molecule has 0 saturated carbocycles.